The molecule has 0 radical (unpaired) electrons. The van der Waals surface area contributed by atoms with E-state index in [4.69, 9.17) is 19.8 Å². The molecular formula is C25H25N7O3. The monoisotopic (exact) mass is 471 g/mol. The van der Waals surface area contributed by atoms with Crippen LogP contribution >= 0.6 is 0 Å². The SMILES string of the molecule is CC(C)Oc1ccc2c(c1)c(-c1nccc(-n3ccn(C=CC#N)c3=O)n1)nn2C1CCCCO1. The number of ether oxygens (including phenoxy) is 2. The lowest BCUT2D eigenvalue weighted by Gasteiger charge is -2.23. The summed E-state index contributed by atoms with van der Waals surface area (Å²) in [6.07, 6.45) is 10.2. The Hall–Kier alpha value is -4.23. The summed E-state index contributed by atoms with van der Waals surface area (Å²) in [5.74, 6) is 1.51. The average Bonchev–Trinajstić information content (AvgIpc) is 3.43. The van der Waals surface area contributed by atoms with Crippen molar-refractivity contribution in [1.29, 1.82) is 5.26 Å². The molecule has 5 rings (SSSR count). The van der Waals surface area contributed by atoms with Gasteiger partial charge in [0.1, 0.15) is 17.3 Å². The molecule has 4 heterocycles. The predicted molar refractivity (Wildman–Crippen MR) is 130 cm³/mol. The highest BCUT2D eigenvalue weighted by molar-refractivity contribution is 5.92. The van der Waals surface area contributed by atoms with Gasteiger partial charge < -0.3 is 9.47 Å². The molecule has 0 saturated carbocycles. The fourth-order valence-electron chi connectivity index (χ4n) is 4.16. The maximum Gasteiger partial charge on any atom is 0.338 e. The zero-order valence-corrected chi connectivity index (χ0v) is 19.5. The van der Waals surface area contributed by atoms with Crippen LogP contribution in [-0.2, 0) is 4.74 Å². The van der Waals surface area contributed by atoms with Gasteiger partial charge in [0.15, 0.2) is 12.1 Å². The Kier molecular flexibility index (Phi) is 6.16. The highest BCUT2D eigenvalue weighted by atomic mass is 16.5. The molecule has 0 N–H and O–H groups in total. The highest BCUT2D eigenvalue weighted by Crippen LogP contribution is 2.34. The van der Waals surface area contributed by atoms with Gasteiger partial charge in [0.05, 0.1) is 17.7 Å². The second-order valence-electron chi connectivity index (χ2n) is 8.50. The fourth-order valence-corrected chi connectivity index (χ4v) is 4.16. The van der Waals surface area contributed by atoms with Crippen molar-refractivity contribution in [1.82, 2.24) is 28.9 Å². The number of aromatic nitrogens is 6. The third-order valence-electron chi connectivity index (χ3n) is 5.69. The van der Waals surface area contributed by atoms with Crippen LogP contribution < -0.4 is 10.4 Å². The van der Waals surface area contributed by atoms with Crippen molar-refractivity contribution in [2.24, 2.45) is 0 Å². The zero-order chi connectivity index (χ0) is 24.4. The van der Waals surface area contributed by atoms with Crippen molar-refractivity contribution >= 4 is 17.1 Å². The Balaban J connectivity index is 1.62. The minimum absolute atomic E-state index is 0.0261. The first-order valence-electron chi connectivity index (χ1n) is 11.6. The van der Waals surface area contributed by atoms with Crippen LogP contribution in [0.25, 0.3) is 34.4 Å². The molecule has 178 valence electrons. The van der Waals surface area contributed by atoms with E-state index in [-0.39, 0.29) is 18.0 Å². The molecule has 1 aliphatic heterocycles. The number of nitriles is 1. The van der Waals surface area contributed by atoms with Crippen molar-refractivity contribution in [3.63, 3.8) is 0 Å². The summed E-state index contributed by atoms with van der Waals surface area (Å²) in [6.45, 7) is 4.65. The van der Waals surface area contributed by atoms with Gasteiger partial charge in [-0.05, 0) is 57.4 Å². The van der Waals surface area contributed by atoms with Crippen LogP contribution in [0.4, 0.5) is 0 Å². The number of benzene rings is 1. The number of imidazole rings is 1. The minimum Gasteiger partial charge on any atom is -0.491 e. The van der Waals surface area contributed by atoms with Crippen LogP contribution in [0, 0.1) is 11.3 Å². The first-order valence-corrected chi connectivity index (χ1v) is 11.6. The van der Waals surface area contributed by atoms with Crippen molar-refractivity contribution < 1.29 is 9.47 Å². The van der Waals surface area contributed by atoms with Gasteiger partial charge in [-0.1, -0.05) is 0 Å². The van der Waals surface area contributed by atoms with Gasteiger partial charge >= 0.3 is 5.69 Å². The molecule has 10 nitrogen and oxygen atoms in total. The van der Waals surface area contributed by atoms with Crippen LogP contribution in [0.1, 0.15) is 39.3 Å². The van der Waals surface area contributed by atoms with Crippen molar-refractivity contribution in [3.8, 4) is 29.2 Å². The van der Waals surface area contributed by atoms with Gasteiger partial charge in [0.25, 0.3) is 0 Å². The Bertz CT molecular complexity index is 1480. The van der Waals surface area contributed by atoms with Crippen molar-refractivity contribution in [3.05, 3.63) is 59.4 Å². The third-order valence-corrected chi connectivity index (χ3v) is 5.69. The molecule has 35 heavy (non-hydrogen) atoms. The number of hydrogen-bond acceptors (Lipinski definition) is 7. The van der Waals surface area contributed by atoms with Gasteiger partial charge in [0, 0.05) is 42.9 Å². The molecule has 1 saturated heterocycles. The van der Waals surface area contributed by atoms with Crippen molar-refractivity contribution in [2.75, 3.05) is 6.61 Å². The molecule has 0 spiro atoms. The van der Waals surface area contributed by atoms with E-state index in [1.54, 1.807) is 24.7 Å². The van der Waals surface area contributed by atoms with E-state index in [0.717, 1.165) is 35.9 Å². The molecule has 1 fully saturated rings. The van der Waals surface area contributed by atoms with Crippen LogP contribution in [0.15, 0.2) is 53.7 Å². The van der Waals surface area contributed by atoms with Gasteiger partial charge in [-0.3, -0.25) is 9.13 Å². The van der Waals surface area contributed by atoms with Gasteiger partial charge in [-0.15, -0.1) is 0 Å². The zero-order valence-electron chi connectivity index (χ0n) is 19.5. The average molecular weight is 472 g/mol. The van der Waals surface area contributed by atoms with E-state index in [0.29, 0.717) is 23.9 Å². The quantitative estimate of drug-likeness (QED) is 0.392. The second kappa shape index (κ2) is 9.56. The fraction of sp³-hybridized carbons (Fsp3) is 0.320. The summed E-state index contributed by atoms with van der Waals surface area (Å²) in [4.78, 5) is 21.9. The van der Waals surface area contributed by atoms with Crippen molar-refractivity contribution in [2.45, 2.75) is 45.4 Å². The molecule has 1 aliphatic rings. The first-order chi connectivity index (χ1) is 17.0. The van der Waals surface area contributed by atoms with Crippen LogP contribution in [-0.4, -0.2) is 41.6 Å². The van der Waals surface area contributed by atoms with Gasteiger partial charge in [-0.25, -0.2) is 19.4 Å². The minimum atomic E-state index is -0.347. The molecule has 1 atom stereocenters. The Morgan fingerprint density at radius 3 is 2.91 bits per heavy atom. The van der Waals surface area contributed by atoms with E-state index in [9.17, 15) is 4.79 Å². The first kappa shape index (κ1) is 22.6. The summed E-state index contributed by atoms with van der Waals surface area (Å²) >= 11 is 0. The van der Waals surface area contributed by atoms with Crippen LogP contribution in [0.2, 0.25) is 0 Å². The van der Waals surface area contributed by atoms with Crippen LogP contribution in [0.3, 0.4) is 0 Å². The molecule has 1 unspecified atom stereocenters. The summed E-state index contributed by atoms with van der Waals surface area (Å²) in [7, 11) is 0. The summed E-state index contributed by atoms with van der Waals surface area (Å²) < 4.78 is 16.5. The smallest absolute Gasteiger partial charge is 0.338 e. The van der Waals surface area contributed by atoms with Crippen LogP contribution in [0.5, 0.6) is 5.75 Å². The van der Waals surface area contributed by atoms with E-state index in [1.165, 1.54) is 21.4 Å². The molecule has 0 amide bonds. The Morgan fingerprint density at radius 1 is 1.26 bits per heavy atom. The topological polar surface area (TPSA) is 113 Å². The largest absolute Gasteiger partial charge is 0.491 e. The molecular weight excluding hydrogens is 446 g/mol. The second-order valence-corrected chi connectivity index (χ2v) is 8.50. The maximum atomic E-state index is 12.7. The van der Waals surface area contributed by atoms with E-state index in [1.807, 2.05) is 42.8 Å². The van der Waals surface area contributed by atoms with Gasteiger partial charge in [0.2, 0.25) is 0 Å². The van der Waals surface area contributed by atoms with E-state index in [2.05, 4.69) is 9.97 Å². The number of nitrogens with zero attached hydrogens (tertiary/aromatic N) is 7. The van der Waals surface area contributed by atoms with E-state index >= 15 is 0 Å². The lowest BCUT2D eigenvalue weighted by atomic mass is 10.1. The molecule has 10 heteroatoms. The molecule has 4 aromatic rings. The summed E-state index contributed by atoms with van der Waals surface area (Å²) in [5.41, 5.74) is 1.14. The number of rotatable bonds is 6. The van der Waals surface area contributed by atoms with E-state index < -0.39 is 0 Å². The lowest BCUT2D eigenvalue weighted by molar-refractivity contribution is -0.0365. The molecule has 3 aromatic heterocycles. The Morgan fingerprint density at radius 2 is 2.14 bits per heavy atom. The third kappa shape index (κ3) is 4.46. The lowest BCUT2D eigenvalue weighted by Crippen LogP contribution is -2.21. The highest BCUT2D eigenvalue weighted by Gasteiger charge is 2.23. The Labute approximate surface area is 201 Å². The normalized spacial score (nSPS) is 16.2. The maximum absolute atomic E-state index is 12.7. The molecule has 1 aromatic carbocycles. The number of fused-ring (bicyclic) bond motifs is 1. The summed E-state index contributed by atoms with van der Waals surface area (Å²) in [6, 6.07) is 9.39. The molecule has 0 bridgehead atoms. The molecule has 0 aliphatic carbocycles. The summed E-state index contributed by atoms with van der Waals surface area (Å²) in [5, 5.41) is 14.5. The number of hydrogen-bond donors (Lipinski definition) is 0. The predicted octanol–water partition coefficient (Wildman–Crippen LogP) is 3.93. The number of allylic oxidation sites excluding steroid dienone is 1. The standard InChI is InChI=1S/C25H25N7O3/c1-17(2)35-18-7-8-20-19(16-18)23(29-32(20)22-6-3-4-15-34-22)24-27-11-9-21(28-24)31-14-13-30(25(31)33)12-5-10-26/h5,7-9,11-14,16-17,22H,3-4,6,15H2,1-2H3. The van der Waals surface area contributed by atoms with Gasteiger partial charge in [-0.2, -0.15) is 10.4 Å².